The molecule has 94 valence electrons. The van der Waals surface area contributed by atoms with Crippen LogP contribution in [0.25, 0.3) is 0 Å². The first kappa shape index (κ1) is 13.1. The van der Waals surface area contributed by atoms with E-state index in [-0.39, 0.29) is 5.71 Å². The molecule has 2 aromatic rings. The fraction of sp³-hybridized carbons (Fsp3) is 0.0667. The van der Waals surface area contributed by atoms with Crippen LogP contribution in [0.4, 0.5) is 5.69 Å². The average molecular weight is 270 g/mol. The van der Waals surface area contributed by atoms with Crippen molar-refractivity contribution in [1.29, 1.82) is 10.7 Å². The molecule has 19 heavy (non-hydrogen) atoms. The first-order valence-corrected chi connectivity index (χ1v) is 6.15. The zero-order chi connectivity index (χ0) is 13.7. The first-order chi connectivity index (χ1) is 9.20. The van der Waals surface area contributed by atoms with Gasteiger partial charge in [0.05, 0.1) is 0 Å². The summed E-state index contributed by atoms with van der Waals surface area (Å²) < 4.78 is 0. The monoisotopic (exact) mass is 269 g/mol. The molecule has 0 amide bonds. The van der Waals surface area contributed by atoms with Gasteiger partial charge in [-0.15, -0.1) is 0 Å². The maximum atomic E-state index is 8.84. The van der Waals surface area contributed by atoms with Crippen molar-refractivity contribution in [1.82, 2.24) is 0 Å². The van der Waals surface area contributed by atoms with Crippen LogP contribution in [0.5, 0.6) is 0 Å². The van der Waals surface area contributed by atoms with Gasteiger partial charge in [0, 0.05) is 22.8 Å². The van der Waals surface area contributed by atoms with Crippen molar-refractivity contribution in [3.05, 3.63) is 64.7 Å². The summed E-state index contributed by atoms with van der Waals surface area (Å²) in [5, 5.41) is 20.2. The second kappa shape index (κ2) is 6.03. The summed E-state index contributed by atoms with van der Waals surface area (Å²) in [5.41, 5.74) is 2.29. The highest BCUT2D eigenvalue weighted by Gasteiger charge is 2.08. The number of nitrogens with one attached hydrogen (secondary N) is 2. The Morgan fingerprint density at radius 2 is 1.95 bits per heavy atom. The van der Waals surface area contributed by atoms with E-state index in [1.54, 1.807) is 18.2 Å². The molecule has 0 radical (unpaired) electrons. The lowest BCUT2D eigenvalue weighted by Crippen LogP contribution is -2.05. The number of nitriles is 1. The SMILES string of the molecule is N#CC(=N)c1cc(Cl)ccc1NCc1ccccc1. The van der Waals surface area contributed by atoms with Crippen LogP contribution < -0.4 is 5.32 Å². The van der Waals surface area contributed by atoms with E-state index in [1.807, 2.05) is 36.4 Å². The number of halogens is 1. The minimum atomic E-state index is -0.0990. The summed E-state index contributed by atoms with van der Waals surface area (Å²) in [7, 11) is 0. The van der Waals surface area contributed by atoms with Crippen LogP contribution in [0.15, 0.2) is 48.5 Å². The maximum Gasteiger partial charge on any atom is 0.141 e. The fourth-order valence-electron chi connectivity index (χ4n) is 1.73. The van der Waals surface area contributed by atoms with Crippen molar-refractivity contribution in [2.24, 2.45) is 0 Å². The summed E-state index contributed by atoms with van der Waals surface area (Å²) in [4.78, 5) is 0. The second-order valence-electron chi connectivity index (χ2n) is 4.02. The molecule has 0 aliphatic heterocycles. The van der Waals surface area contributed by atoms with Crippen LogP contribution in [0, 0.1) is 16.7 Å². The van der Waals surface area contributed by atoms with Crippen LogP contribution in [0.3, 0.4) is 0 Å². The molecule has 2 aromatic carbocycles. The maximum absolute atomic E-state index is 8.84. The molecule has 0 fully saturated rings. The average Bonchev–Trinajstić information content (AvgIpc) is 2.46. The van der Waals surface area contributed by atoms with E-state index in [2.05, 4.69) is 5.32 Å². The van der Waals surface area contributed by atoms with E-state index in [9.17, 15) is 0 Å². The second-order valence-corrected chi connectivity index (χ2v) is 4.45. The van der Waals surface area contributed by atoms with Gasteiger partial charge in [0.25, 0.3) is 0 Å². The van der Waals surface area contributed by atoms with Crippen molar-refractivity contribution < 1.29 is 0 Å². The van der Waals surface area contributed by atoms with Gasteiger partial charge in [-0.2, -0.15) is 5.26 Å². The standard InChI is InChI=1S/C15H12ClN3/c16-12-6-7-15(13(8-12)14(18)9-17)19-10-11-4-2-1-3-5-11/h1-8,18-19H,10H2. The minimum Gasteiger partial charge on any atom is -0.380 e. The number of rotatable bonds is 4. The molecule has 0 spiro atoms. The van der Waals surface area contributed by atoms with E-state index in [1.165, 1.54) is 0 Å². The fourth-order valence-corrected chi connectivity index (χ4v) is 1.90. The van der Waals surface area contributed by atoms with E-state index in [0.29, 0.717) is 17.1 Å². The van der Waals surface area contributed by atoms with E-state index < -0.39 is 0 Å². The Balaban J connectivity index is 2.21. The molecule has 4 heteroatoms. The van der Waals surface area contributed by atoms with Gasteiger partial charge < -0.3 is 5.32 Å². The van der Waals surface area contributed by atoms with Crippen molar-refractivity contribution in [3.8, 4) is 6.07 Å². The molecule has 0 aliphatic rings. The van der Waals surface area contributed by atoms with Crippen LogP contribution in [0.2, 0.25) is 5.02 Å². The summed E-state index contributed by atoms with van der Waals surface area (Å²) in [5.74, 6) is 0. The zero-order valence-electron chi connectivity index (χ0n) is 10.2. The van der Waals surface area contributed by atoms with E-state index in [4.69, 9.17) is 22.3 Å². The Morgan fingerprint density at radius 1 is 1.21 bits per heavy atom. The molecule has 0 atom stereocenters. The van der Waals surface area contributed by atoms with Gasteiger partial charge >= 0.3 is 0 Å². The van der Waals surface area contributed by atoms with Crippen LogP contribution in [-0.4, -0.2) is 5.71 Å². The van der Waals surface area contributed by atoms with Gasteiger partial charge in [-0.05, 0) is 23.8 Å². The van der Waals surface area contributed by atoms with Crippen LogP contribution in [-0.2, 0) is 6.54 Å². The lowest BCUT2D eigenvalue weighted by atomic mass is 10.1. The minimum absolute atomic E-state index is 0.0990. The van der Waals surface area contributed by atoms with E-state index in [0.717, 1.165) is 11.3 Å². The summed E-state index contributed by atoms with van der Waals surface area (Å²) in [6.45, 7) is 0.633. The lowest BCUT2D eigenvalue weighted by Gasteiger charge is -2.11. The molecule has 0 saturated heterocycles. The third kappa shape index (κ3) is 3.34. The Bertz CT molecular complexity index is 630. The van der Waals surface area contributed by atoms with Crippen LogP contribution >= 0.6 is 11.6 Å². The molecule has 2 N–H and O–H groups in total. The number of anilines is 1. The van der Waals surface area contributed by atoms with Gasteiger partial charge in [0.15, 0.2) is 0 Å². The molecule has 2 rings (SSSR count). The third-order valence-corrected chi connectivity index (χ3v) is 2.92. The highest BCUT2D eigenvalue weighted by atomic mass is 35.5. The number of nitrogens with zero attached hydrogens (tertiary/aromatic N) is 1. The number of hydrogen-bond acceptors (Lipinski definition) is 3. The normalized spacial score (nSPS) is 9.68. The van der Waals surface area contributed by atoms with Crippen molar-refractivity contribution >= 4 is 23.0 Å². The topological polar surface area (TPSA) is 59.7 Å². The van der Waals surface area contributed by atoms with Gasteiger partial charge in [-0.3, -0.25) is 5.41 Å². The van der Waals surface area contributed by atoms with Gasteiger partial charge in [0.1, 0.15) is 11.8 Å². The van der Waals surface area contributed by atoms with Crippen molar-refractivity contribution in [3.63, 3.8) is 0 Å². The number of benzene rings is 2. The summed E-state index contributed by atoms with van der Waals surface area (Å²) in [6, 6.07) is 16.9. The molecule has 0 aromatic heterocycles. The molecular weight excluding hydrogens is 258 g/mol. The Labute approximate surface area is 117 Å². The smallest absolute Gasteiger partial charge is 0.141 e. The highest BCUT2D eigenvalue weighted by Crippen LogP contribution is 2.21. The predicted molar refractivity (Wildman–Crippen MR) is 77.7 cm³/mol. The molecular formula is C15H12ClN3. The first-order valence-electron chi connectivity index (χ1n) is 5.77. The lowest BCUT2D eigenvalue weighted by molar-refractivity contribution is 1.15. The molecule has 0 unspecified atom stereocenters. The quantitative estimate of drug-likeness (QED) is 0.829. The van der Waals surface area contributed by atoms with Crippen molar-refractivity contribution in [2.75, 3.05) is 5.32 Å². The highest BCUT2D eigenvalue weighted by molar-refractivity contribution is 6.31. The van der Waals surface area contributed by atoms with Crippen LogP contribution in [0.1, 0.15) is 11.1 Å². The number of hydrogen-bond donors (Lipinski definition) is 2. The molecule has 0 aliphatic carbocycles. The van der Waals surface area contributed by atoms with E-state index >= 15 is 0 Å². The molecule has 0 bridgehead atoms. The summed E-state index contributed by atoms with van der Waals surface area (Å²) in [6.07, 6.45) is 0. The Kier molecular flexibility index (Phi) is 4.17. The molecule has 0 saturated carbocycles. The zero-order valence-corrected chi connectivity index (χ0v) is 10.9. The molecule has 0 heterocycles. The van der Waals surface area contributed by atoms with Gasteiger partial charge in [0.2, 0.25) is 0 Å². The Hall–Kier alpha value is -2.31. The molecule has 3 nitrogen and oxygen atoms in total. The summed E-state index contributed by atoms with van der Waals surface area (Å²) >= 11 is 5.90. The third-order valence-electron chi connectivity index (χ3n) is 2.69. The largest absolute Gasteiger partial charge is 0.380 e. The predicted octanol–water partition coefficient (Wildman–Crippen LogP) is 3.84. The Morgan fingerprint density at radius 3 is 2.63 bits per heavy atom. The van der Waals surface area contributed by atoms with Crippen molar-refractivity contribution in [2.45, 2.75) is 6.54 Å². The van der Waals surface area contributed by atoms with Gasteiger partial charge in [-0.25, -0.2) is 0 Å². The van der Waals surface area contributed by atoms with Gasteiger partial charge in [-0.1, -0.05) is 41.9 Å².